The average Bonchev–Trinajstić information content (AvgIpc) is 3.17. The Labute approximate surface area is 223 Å². The molecular weight excluding hydrogens is 527 g/mol. The molecule has 1 saturated heterocycles. The first kappa shape index (κ1) is 25.6. The largest absolute Gasteiger partial charge is 0.493 e. The molecule has 9 heteroatoms. The van der Waals surface area contributed by atoms with E-state index in [2.05, 4.69) is 29.7 Å². The molecule has 1 aliphatic heterocycles. The molecule has 0 aromatic heterocycles. The molecule has 1 amide bonds. The van der Waals surface area contributed by atoms with E-state index in [0.717, 1.165) is 17.7 Å². The minimum Gasteiger partial charge on any atom is -0.493 e. The number of rotatable bonds is 8. The number of aryl methyl sites for hydroxylation is 1. The Kier molecular flexibility index (Phi) is 8.39. The molecule has 1 aliphatic rings. The standard InChI is InChI=1S/C26H23Cl3N2O3S/c1-3-15-4-8-19(9-5-15)30-26-31-25(32)23(35-26)12-16-10-21(29)24(22(11-16)33-2)34-14-17-6-7-18(27)13-20(17)28/h4-13,26,30H,3,14H2,1-2H3,(H,31,32)/b23-12-/t26-/m0/s1. The first-order valence-electron chi connectivity index (χ1n) is 10.8. The minimum absolute atomic E-state index is 0.162. The highest BCUT2D eigenvalue weighted by atomic mass is 35.5. The number of amides is 1. The molecule has 4 rings (SSSR count). The number of hydrogen-bond donors (Lipinski definition) is 2. The number of halogens is 3. The summed E-state index contributed by atoms with van der Waals surface area (Å²) in [7, 11) is 1.53. The Morgan fingerprint density at radius 1 is 1.06 bits per heavy atom. The van der Waals surface area contributed by atoms with Crippen LogP contribution in [0.4, 0.5) is 5.69 Å². The van der Waals surface area contributed by atoms with Crippen molar-refractivity contribution in [3.05, 3.63) is 91.3 Å². The van der Waals surface area contributed by atoms with E-state index in [0.29, 0.717) is 37.0 Å². The maximum absolute atomic E-state index is 12.6. The molecular formula is C26H23Cl3N2O3S. The first-order valence-corrected chi connectivity index (χ1v) is 12.9. The van der Waals surface area contributed by atoms with Crippen LogP contribution in [-0.2, 0) is 17.8 Å². The van der Waals surface area contributed by atoms with Crippen molar-refractivity contribution in [1.82, 2.24) is 5.32 Å². The Morgan fingerprint density at radius 2 is 1.83 bits per heavy atom. The van der Waals surface area contributed by atoms with Crippen LogP contribution in [0, 0.1) is 0 Å². The molecule has 0 spiro atoms. The fourth-order valence-corrected chi connectivity index (χ4v) is 5.18. The summed E-state index contributed by atoms with van der Waals surface area (Å²) < 4.78 is 11.4. The van der Waals surface area contributed by atoms with Gasteiger partial charge in [0.15, 0.2) is 17.0 Å². The molecule has 3 aromatic rings. The number of carbonyl (C=O) groups is 1. The number of nitrogens with one attached hydrogen (secondary N) is 2. The first-order chi connectivity index (χ1) is 16.9. The van der Waals surface area contributed by atoms with Crippen LogP contribution in [0.5, 0.6) is 11.5 Å². The van der Waals surface area contributed by atoms with Crippen molar-refractivity contribution in [3.63, 3.8) is 0 Å². The number of hydrogen-bond acceptors (Lipinski definition) is 5. The van der Waals surface area contributed by atoms with Crippen molar-refractivity contribution in [2.45, 2.75) is 25.4 Å². The Bertz CT molecular complexity index is 1270. The number of benzene rings is 3. The van der Waals surface area contributed by atoms with Crippen molar-refractivity contribution >= 4 is 64.2 Å². The number of thioether (sulfide) groups is 1. The molecule has 1 fully saturated rings. The zero-order chi connectivity index (χ0) is 24.9. The van der Waals surface area contributed by atoms with Crippen LogP contribution in [0.2, 0.25) is 15.1 Å². The van der Waals surface area contributed by atoms with Gasteiger partial charge in [-0.2, -0.15) is 0 Å². The Morgan fingerprint density at radius 3 is 2.51 bits per heavy atom. The fourth-order valence-electron chi connectivity index (χ4n) is 3.46. The van der Waals surface area contributed by atoms with E-state index in [1.165, 1.54) is 24.4 Å². The van der Waals surface area contributed by atoms with E-state index in [1.54, 1.807) is 36.4 Å². The summed E-state index contributed by atoms with van der Waals surface area (Å²) in [5, 5.41) is 7.67. The van der Waals surface area contributed by atoms with Crippen LogP contribution in [-0.4, -0.2) is 18.5 Å². The SMILES string of the molecule is CCc1ccc(N[C@H]2NC(=O)/C(=C/c3cc(Cl)c(OCc4ccc(Cl)cc4Cl)c(OC)c3)S2)cc1. The predicted octanol–water partition coefficient (Wildman–Crippen LogP) is 7.40. The summed E-state index contributed by atoms with van der Waals surface area (Å²) in [4.78, 5) is 13.1. The zero-order valence-electron chi connectivity index (χ0n) is 19.0. The summed E-state index contributed by atoms with van der Waals surface area (Å²) in [5.41, 5.74) is 3.41. The molecule has 0 saturated carbocycles. The lowest BCUT2D eigenvalue weighted by Crippen LogP contribution is -2.30. The van der Waals surface area contributed by atoms with Crippen molar-refractivity contribution in [1.29, 1.82) is 0 Å². The van der Waals surface area contributed by atoms with Crippen LogP contribution >= 0.6 is 46.6 Å². The van der Waals surface area contributed by atoms with Crippen LogP contribution in [0.25, 0.3) is 6.08 Å². The van der Waals surface area contributed by atoms with Crippen molar-refractivity contribution in [3.8, 4) is 11.5 Å². The van der Waals surface area contributed by atoms with Gasteiger partial charge in [-0.1, -0.05) is 71.7 Å². The molecule has 35 heavy (non-hydrogen) atoms. The monoisotopic (exact) mass is 548 g/mol. The molecule has 182 valence electrons. The lowest BCUT2D eigenvalue weighted by Gasteiger charge is -2.14. The van der Waals surface area contributed by atoms with Gasteiger partial charge in [0.2, 0.25) is 0 Å². The highest BCUT2D eigenvalue weighted by Gasteiger charge is 2.27. The third-order valence-corrected chi connectivity index (χ3v) is 7.22. The normalized spacial score (nSPS) is 16.3. The molecule has 5 nitrogen and oxygen atoms in total. The minimum atomic E-state index is -0.273. The quantitative estimate of drug-likeness (QED) is 0.287. The van der Waals surface area contributed by atoms with Gasteiger partial charge in [-0.25, -0.2) is 0 Å². The summed E-state index contributed by atoms with van der Waals surface area (Å²) in [6.45, 7) is 2.30. The molecule has 0 unspecified atom stereocenters. The van der Waals surface area contributed by atoms with E-state index < -0.39 is 0 Å². The average molecular weight is 550 g/mol. The smallest absolute Gasteiger partial charge is 0.260 e. The summed E-state index contributed by atoms with van der Waals surface area (Å²) in [6.07, 6.45) is 2.75. The van der Waals surface area contributed by atoms with Gasteiger partial charge >= 0.3 is 0 Å². The van der Waals surface area contributed by atoms with Crippen LogP contribution < -0.4 is 20.1 Å². The van der Waals surface area contributed by atoms with Crippen LogP contribution in [0.1, 0.15) is 23.6 Å². The second-order valence-corrected chi connectivity index (χ2v) is 10.1. The molecule has 2 N–H and O–H groups in total. The van der Waals surface area contributed by atoms with Gasteiger partial charge in [-0.15, -0.1) is 0 Å². The predicted molar refractivity (Wildman–Crippen MR) is 146 cm³/mol. The molecule has 0 bridgehead atoms. The van der Waals surface area contributed by atoms with E-state index >= 15 is 0 Å². The van der Waals surface area contributed by atoms with Gasteiger partial charge in [-0.3, -0.25) is 4.79 Å². The molecule has 0 radical (unpaired) electrons. The van der Waals surface area contributed by atoms with Gasteiger partial charge in [0, 0.05) is 21.3 Å². The molecule has 3 aromatic carbocycles. The van der Waals surface area contributed by atoms with Crippen LogP contribution in [0.15, 0.2) is 59.5 Å². The maximum Gasteiger partial charge on any atom is 0.260 e. The second kappa shape index (κ2) is 11.5. The maximum atomic E-state index is 12.6. The third-order valence-electron chi connectivity index (χ3n) is 5.33. The van der Waals surface area contributed by atoms with Gasteiger partial charge < -0.3 is 20.1 Å². The fraction of sp³-hybridized carbons (Fsp3) is 0.192. The number of methoxy groups -OCH3 is 1. The lowest BCUT2D eigenvalue weighted by atomic mass is 10.1. The summed E-state index contributed by atoms with van der Waals surface area (Å²) in [5.74, 6) is 0.676. The van der Waals surface area contributed by atoms with E-state index in [-0.39, 0.29) is 18.0 Å². The van der Waals surface area contributed by atoms with Crippen molar-refractivity contribution in [2.24, 2.45) is 0 Å². The van der Waals surface area contributed by atoms with Gasteiger partial charge in [0.25, 0.3) is 5.91 Å². The van der Waals surface area contributed by atoms with Crippen LogP contribution in [0.3, 0.4) is 0 Å². The van der Waals surface area contributed by atoms with Gasteiger partial charge in [0.1, 0.15) is 6.61 Å². The van der Waals surface area contributed by atoms with E-state index in [9.17, 15) is 4.79 Å². The van der Waals surface area contributed by atoms with Crippen molar-refractivity contribution in [2.75, 3.05) is 12.4 Å². The number of anilines is 1. The molecule has 1 atom stereocenters. The summed E-state index contributed by atoms with van der Waals surface area (Å²) >= 11 is 20.1. The Balaban J connectivity index is 1.47. The number of ether oxygens (including phenoxy) is 2. The highest BCUT2D eigenvalue weighted by Crippen LogP contribution is 2.39. The number of carbonyl (C=O) groups excluding carboxylic acids is 1. The second-order valence-electron chi connectivity index (χ2n) is 7.73. The molecule has 0 aliphatic carbocycles. The van der Waals surface area contributed by atoms with Crippen molar-refractivity contribution < 1.29 is 14.3 Å². The van der Waals surface area contributed by atoms with E-state index in [1.807, 2.05) is 12.1 Å². The highest BCUT2D eigenvalue weighted by molar-refractivity contribution is 8.05. The summed E-state index contributed by atoms with van der Waals surface area (Å²) in [6, 6.07) is 16.8. The third kappa shape index (κ3) is 6.39. The van der Waals surface area contributed by atoms with Gasteiger partial charge in [-0.05, 0) is 60.0 Å². The zero-order valence-corrected chi connectivity index (χ0v) is 22.1. The lowest BCUT2D eigenvalue weighted by molar-refractivity contribution is -0.116. The topological polar surface area (TPSA) is 59.6 Å². The van der Waals surface area contributed by atoms with Gasteiger partial charge in [0.05, 0.1) is 17.0 Å². The molecule has 1 heterocycles. The Hall–Kier alpha value is -2.51. The van der Waals surface area contributed by atoms with E-state index in [4.69, 9.17) is 44.3 Å².